The highest BCUT2D eigenvalue weighted by atomic mass is 16.3. The Morgan fingerprint density at radius 1 is 1.70 bits per heavy atom. The van der Waals surface area contributed by atoms with E-state index < -0.39 is 11.3 Å². The second-order valence-corrected chi connectivity index (χ2v) is 2.88. The molecule has 3 heteroatoms. The van der Waals surface area contributed by atoms with Crippen LogP contribution in [-0.2, 0) is 4.79 Å². The first-order valence-electron chi connectivity index (χ1n) is 3.02. The number of carbonyl (C=O) groups excluding carboxylic acids is 1. The lowest BCUT2D eigenvalue weighted by atomic mass is 9.86. The van der Waals surface area contributed by atoms with Crippen molar-refractivity contribution in [2.45, 2.75) is 13.8 Å². The molecule has 0 rings (SSSR count). The third kappa shape index (κ3) is 1.84. The summed E-state index contributed by atoms with van der Waals surface area (Å²) in [6.07, 6.45) is 0. The predicted octanol–water partition coefficient (Wildman–Crippen LogP) is 0.0464. The Morgan fingerprint density at radius 3 is 2.20 bits per heavy atom. The quantitative estimate of drug-likeness (QED) is 0.548. The molecule has 58 valence electrons. The summed E-state index contributed by atoms with van der Waals surface area (Å²) in [5.41, 5.74) is 4.62. The van der Waals surface area contributed by atoms with Gasteiger partial charge in [0.05, 0.1) is 6.61 Å². The van der Waals surface area contributed by atoms with Crippen LogP contribution in [-0.4, -0.2) is 17.6 Å². The lowest BCUT2D eigenvalue weighted by molar-refractivity contribution is -0.115. The third-order valence-corrected chi connectivity index (χ3v) is 1.51. The molecule has 0 aromatic heterocycles. The Hall–Kier alpha value is -0.830. The number of rotatable bonds is 3. The predicted molar refractivity (Wildman–Crippen MR) is 39.2 cm³/mol. The third-order valence-electron chi connectivity index (χ3n) is 1.51. The van der Waals surface area contributed by atoms with Crippen LogP contribution < -0.4 is 5.73 Å². The number of carbonyl (C=O) groups is 1. The molecule has 0 spiro atoms. The minimum atomic E-state index is -0.591. The molecule has 0 aromatic carbocycles. The molecular formula is C7H13NO2. The molecule has 0 heterocycles. The van der Waals surface area contributed by atoms with Crippen molar-refractivity contribution in [3.63, 3.8) is 0 Å². The molecule has 3 N–H and O–H groups in total. The Morgan fingerprint density at radius 2 is 2.10 bits per heavy atom. The van der Waals surface area contributed by atoms with Crippen molar-refractivity contribution in [1.82, 2.24) is 0 Å². The van der Waals surface area contributed by atoms with Gasteiger partial charge in [-0.2, -0.15) is 0 Å². The first-order chi connectivity index (χ1) is 4.41. The second kappa shape index (κ2) is 2.84. The summed E-state index contributed by atoms with van der Waals surface area (Å²) >= 11 is 0. The number of aliphatic hydroxyl groups is 1. The molecule has 10 heavy (non-hydrogen) atoms. The number of nitrogens with two attached hydrogens (primary N) is 1. The van der Waals surface area contributed by atoms with Gasteiger partial charge in [-0.15, -0.1) is 0 Å². The minimum Gasteiger partial charge on any atom is -0.395 e. The summed E-state index contributed by atoms with van der Waals surface area (Å²) < 4.78 is 0. The van der Waals surface area contributed by atoms with Crippen molar-refractivity contribution in [2.24, 2.45) is 11.1 Å². The highest BCUT2D eigenvalue weighted by Crippen LogP contribution is 2.22. The van der Waals surface area contributed by atoms with Crippen LogP contribution >= 0.6 is 0 Å². The van der Waals surface area contributed by atoms with Gasteiger partial charge in [0.15, 0.2) is 0 Å². The summed E-state index contributed by atoms with van der Waals surface area (Å²) in [5.74, 6) is -0.556. The van der Waals surface area contributed by atoms with Gasteiger partial charge in [0.2, 0.25) is 5.91 Å². The van der Waals surface area contributed by atoms with Gasteiger partial charge in [0.25, 0.3) is 0 Å². The average molecular weight is 143 g/mol. The topological polar surface area (TPSA) is 63.3 Å². The van der Waals surface area contributed by atoms with Crippen molar-refractivity contribution in [3.05, 3.63) is 12.2 Å². The minimum absolute atomic E-state index is 0.116. The fourth-order valence-electron chi connectivity index (χ4n) is 0.429. The van der Waals surface area contributed by atoms with Gasteiger partial charge in [-0.1, -0.05) is 20.4 Å². The van der Waals surface area contributed by atoms with Gasteiger partial charge in [-0.05, 0) is 0 Å². The van der Waals surface area contributed by atoms with Crippen molar-refractivity contribution in [3.8, 4) is 0 Å². The van der Waals surface area contributed by atoms with Gasteiger partial charge in [-0.3, -0.25) is 4.79 Å². The molecule has 0 aliphatic heterocycles. The molecule has 0 aromatic rings. The lowest BCUT2D eigenvalue weighted by Crippen LogP contribution is -2.28. The van der Waals surface area contributed by atoms with Gasteiger partial charge in [0.1, 0.15) is 0 Å². The molecule has 3 nitrogen and oxygen atoms in total. The van der Waals surface area contributed by atoms with Crippen LogP contribution in [0.2, 0.25) is 0 Å². The molecule has 0 aliphatic rings. The number of hydrogen-bond acceptors (Lipinski definition) is 2. The van der Waals surface area contributed by atoms with E-state index in [0.29, 0.717) is 0 Å². The SMILES string of the molecule is C=C(C(N)=O)C(C)(C)CO. The summed E-state index contributed by atoms with van der Waals surface area (Å²) in [6.45, 7) is 6.76. The van der Waals surface area contributed by atoms with Crippen LogP contribution in [0, 0.1) is 5.41 Å². The largest absolute Gasteiger partial charge is 0.395 e. The van der Waals surface area contributed by atoms with E-state index in [-0.39, 0.29) is 12.2 Å². The maximum absolute atomic E-state index is 10.5. The zero-order valence-corrected chi connectivity index (χ0v) is 6.35. The van der Waals surface area contributed by atoms with Crippen molar-refractivity contribution in [2.75, 3.05) is 6.61 Å². The van der Waals surface area contributed by atoms with E-state index in [1.807, 2.05) is 0 Å². The van der Waals surface area contributed by atoms with Crippen LogP contribution in [0.1, 0.15) is 13.8 Å². The fraction of sp³-hybridized carbons (Fsp3) is 0.571. The van der Waals surface area contributed by atoms with Gasteiger partial charge in [0, 0.05) is 11.0 Å². The molecule has 0 unspecified atom stereocenters. The Kier molecular flexibility index (Phi) is 2.60. The fourth-order valence-corrected chi connectivity index (χ4v) is 0.429. The smallest absolute Gasteiger partial charge is 0.244 e. The maximum Gasteiger partial charge on any atom is 0.244 e. The first kappa shape index (κ1) is 9.17. The summed E-state index contributed by atoms with van der Waals surface area (Å²) in [7, 11) is 0. The Labute approximate surface area is 60.5 Å². The number of primary amides is 1. The Balaban J connectivity index is 4.33. The highest BCUT2D eigenvalue weighted by Gasteiger charge is 2.23. The van der Waals surface area contributed by atoms with Crippen LogP contribution in [0.3, 0.4) is 0 Å². The van der Waals surface area contributed by atoms with Gasteiger partial charge < -0.3 is 10.8 Å². The molecule has 0 atom stereocenters. The second-order valence-electron chi connectivity index (χ2n) is 2.88. The van der Waals surface area contributed by atoms with E-state index >= 15 is 0 Å². The summed E-state index contributed by atoms with van der Waals surface area (Å²) in [4.78, 5) is 10.5. The molecule has 0 saturated heterocycles. The lowest BCUT2D eigenvalue weighted by Gasteiger charge is -2.21. The van der Waals surface area contributed by atoms with Crippen LogP contribution in [0.25, 0.3) is 0 Å². The number of aliphatic hydroxyl groups excluding tert-OH is 1. The molecule has 0 bridgehead atoms. The van der Waals surface area contributed by atoms with E-state index in [0.717, 1.165) is 0 Å². The van der Waals surface area contributed by atoms with E-state index in [4.69, 9.17) is 10.8 Å². The summed E-state index contributed by atoms with van der Waals surface area (Å²) in [5, 5.41) is 8.74. The van der Waals surface area contributed by atoms with Crippen LogP contribution in [0.5, 0.6) is 0 Å². The molecule has 0 saturated carbocycles. The summed E-state index contributed by atoms with van der Waals surface area (Å²) in [6, 6.07) is 0. The number of amides is 1. The Bertz CT molecular complexity index is 161. The van der Waals surface area contributed by atoms with E-state index in [9.17, 15) is 4.79 Å². The average Bonchev–Trinajstić information content (AvgIpc) is 1.86. The van der Waals surface area contributed by atoms with Crippen molar-refractivity contribution >= 4 is 5.91 Å². The molecule has 0 radical (unpaired) electrons. The first-order valence-corrected chi connectivity index (χ1v) is 3.02. The van der Waals surface area contributed by atoms with Crippen LogP contribution in [0.4, 0.5) is 0 Å². The monoisotopic (exact) mass is 143 g/mol. The standard InChI is InChI=1S/C7H13NO2/c1-5(6(8)10)7(2,3)4-9/h9H,1,4H2,2-3H3,(H2,8,10). The van der Waals surface area contributed by atoms with Crippen molar-refractivity contribution < 1.29 is 9.90 Å². The van der Waals surface area contributed by atoms with Crippen molar-refractivity contribution in [1.29, 1.82) is 0 Å². The molecular weight excluding hydrogens is 130 g/mol. The molecule has 1 amide bonds. The highest BCUT2D eigenvalue weighted by molar-refractivity contribution is 5.92. The zero-order valence-electron chi connectivity index (χ0n) is 6.35. The van der Waals surface area contributed by atoms with E-state index in [1.165, 1.54) is 0 Å². The van der Waals surface area contributed by atoms with E-state index in [2.05, 4.69) is 6.58 Å². The van der Waals surface area contributed by atoms with Gasteiger partial charge in [-0.25, -0.2) is 0 Å². The molecule has 0 fully saturated rings. The molecule has 0 aliphatic carbocycles. The van der Waals surface area contributed by atoms with Gasteiger partial charge >= 0.3 is 0 Å². The number of hydrogen-bond donors (Lipinski definition) is 2. The zero-order chi connectivity index (χ0) is 8.36. The maximum atomic E-state index is 10.5. The van der Waals surface area contributed by atoms with E-state index in [1.54, 1.807) is 13.8 Å². The van der Waals surface area contributed by atoms with Crippen LogP contribution in [0.15, 0.2) is 12.2 Å². The normalized spacial score (nSPS) is 11.1.